The summed E-state index contributed by atoms with van der Waals surface area (Å²) in [6.45, 7) is 1.67. The van der Waals surface area contributed by atoms with Crippen LogP contribution in [0.5, 0.6) is 0 Å². The third kappa shape index (κ3) is 2.43. The number of ether oxygens (including phenoxy) is 1. The van der Waals surface area contributed by atoms with E-state index >= 15 is 0 Å². The molecule has 1 saturated heterocycles. The van der Waals surface area contributed by atoms with Gasteiger partial charge in [-0.3, -0.25) is 0 Å². The molecular formula is C17H17N3O. The molecule has 0 atom stereocenters. The summed E-state index contributed by atoms with van der Waals surface area (Å²) in [6.07, 6.45) is 6.07. The van der Waals surface area contributed by atoms with Gasteiger partial charge >= 0.3 is 0 Å². The first-order valence-electron chi connectivity index (χ1n) is 7.39. The zero-order chi connectivity index (χ0) is 14.1. The SMILES string of the molecule is c1ccc(-c2cnc3cc(C4CCOCC4)nn3c2)cc1. The molecule has 3 aromatic rings. The van der Waals surface area contributed by atoms with Gasteiger partial charge in [0.2, 0.25) is 0 Å². The molecule has 1 aliphatic rings. The Hall–Kier alpha value is -2.20. The molecule has 4 rings (SSSR count). The van der Waals surface area contributed by atoms with E-state index in [2.05, 4.69) is 29.4 Å². The highest BCUT2D eigenvalue weighted by molar-refractivity contribution is 5.62. The van der Waals surface area contributed by atoms with Crippen molar-refractivity contribution < 1.29 is 4.74 Å². The number of benzene rings is 1. The summed E-state index contributed by atoms with van der Waals surface area (Å²) in [5.41, 5.74) is 4.30. The standard InChI is InChI=1S/C17H17N3O/c1-2-4-13(5-3-1)15-11-18-17-10-16(19-20(17)12-15)14-6-8-21-9-7-14/h1-5,10-12,14H,6-9H2. The van der Waals surface area contributed by atoms with Crippen LogP contribution in [0.3, 0.4) is 0 Å². The highest BCUT2D eigenvalue weighted by atomic mass is 16.5. The Morgan fingerprint density at radius 3 is 2.67 bits per heavy atom. The van der Waals surface area contributed by atoms with E-state index in [4.69, 9.17) is 9.84 Å². The van der Waals surface area contributed by atoms with Crippen LogP contribution in [0, 0.1) is 0 Å². The molecule has 0 amide bonds. The molecule has 0 radical (unpaired) electrons. The third-order valence-corrected chi connectivity index (χ3v) is 4.08. The summed E-state index contributed by atoms with van der Waals surface area (Å²) in [5.74, 6) is 0.501. The van der Waals surface area contributed by atoms with E-state index in [1.54, 1.807) is 0 Å². The fraction of sp³-hybridized carbons (Fsp3) is 0.294. The minimum atomic E-state index is 0.501. The number of aromatic nitrogens is 3. The topological polar surface area (TPSA) is 39.4 Å². The maximum atomic E-state index is 5.42. The van der Waals surface area contributed by atoms with Gasteiger partial charge in [0, 0.05) is 43.2 Å². The summed E-state index contributed by atoms with van der Waals surface area (Å²) in [7, 11) is 0. The van der Waals surface area contributed by atoms with Crippen LogP contribution in [0.2, 0.25) is 0 Å². The number of hydrogen-bond acceptors (Lipinski definition) is 3. The van der Waals surface area contributed by atoms with Crippen molar-refractivity contribution in [3.8, 4) is 11.1 Å². The Kier molecular flexibility index (Phi) is 3.16. The normalized spacial score (nSPS) is 16.4. The predicted molar refractivity (Wildman–Crippen MR) is 81.2 cm³/mol. The summed E-state index contributed by atoms with van der Waals surface area (Å²) < 4.78 is 7.32. The molecule has 0 bridgehead atoms. The van der Waals surface area contributed by atoms with Gasteiger partial charge in [-0.25, -0.2) is 9.50 Å². The molecule has 0 N–H and O–H groups in total. The van der Waals surface area contributed by atoms with Gasteiger partial charge in [-0.2, -0.15) is 5.10 Å². The lowest BCUT2D eigenvalue weighted by atomic mass is 9.97. The molecule has 0 saturated carbocycles. The van der Waals surface area contributed by atoms with Crippen LogP contribution in [0.1, 0.15) is 24.5 Å². The third-order valence-electron chi connectivity index (χ3n) is 4.08. The van der Waals surface area contributed by atoms with Gasteiger partial charge in [-0.1, -0.05) is 30.3 Å². The van der Waals surface area contributed by atoms with Gasteiger partial charge in [0.1, 0.15) is 0 Å². The average Bonchev–Trinajstić information content (AvgIpc) is 2.99. The van der Waals surface area contributed by atoms with E-state index in [1.165, 1.54) is 0 Å². The van der Waals surface area contributed by atoms with Crippen LogP contribution in [-0.4, -0.2) is 27.8 Å². The average molecular weight is 279 g/mol. The summed E-state index contributed by atoms with van der Waals surface area (Å²) in [5, 5.41) is 4.72. The predicted octanol–water partition coefficient (Wildman–Crippen LogP) is 3.29. The van der Waals surface area contributed by atoms with Crippen molar-refractivity contribution >= 4 is 5.65 Å². The van der Waals surface area contributed by atoms with Crippen molar-refractivity contribution in [1.82, 2.24) is 14.6 Å². The molecular weight excluding hydrogens is 262 g/mol. The zero-order valence-corrected chi connectivity index (χ0v) is 11.8. The summed E-state index contributed by atoms with van der Waals surface area (Å²) in [6, 6.07) is 12.4. The van der Waals surface area contributed by atoms with E-state index in [1.807, 2.05) is 28.9 Å². The first-order chi connectivity index (χ1) is 10.4. The maximum Gasteiger partial charge on any atom is 0.155 e. The van der Waals surface area contributed by atoms with Crippen molar-refractivity contribution in [2.75, 3.05) is 13.2 Å². The number of fused-ring (bicyclic) bond motifs is 1. The second-order valence-electron chi connectivity index (χ2n) is 5.47. The Morgan fingerprint density at radius 1 is 1.05 bits per heavy atom. The van der Waals surface area contributed by atoms with Crippen LogP contribution < -0.4 is 0 Å². The molecule has 0 spiro atoms. The Bertz CT molecular complexity index is 745. The Morgan fingerprint density at radius 2 is 1.86 bits per heavy atom. The van der Waals surface area contributed by atoms with Crippen LogP contribution in [-0.2, 0) is 4.74 Å². The maximum absolute atomic E-state index is 5.42. The second kappa shape index (κ2) is 5.30. The van der Waals surface area contributed by atoms with E-state index < -0.39 is 0 Å². The van der Waals surface area contributed by atoms with Gasteiger partial charge in [-0.05, 0) is 18.4 Å². The van der Waals surface area contributed by atoms with Gasteiger partial charge < -0.3 is 4.74 Å². The molecule has 21 heavy (non-hydrogen) atoms. The zero-order valence-electron chi connectivity index (χ0n) is 11.8. The molecule has 4 heteroatoms. The quantitative estimate of drug-likeness (QED) is 0.722. The van der Waals surface area contributed by atoms with Gasteiger partial charge in [0.05, 0.1) is 5.69 Å². The molecule has 1 aliphatic heterocycles. The summed E-state index contributed by atoms with van der Waals surface area (Å²) >= 11 is 0. The smallest absolute Gasteiger partial charge is 0.155 e. The number of nitrogens with zero attached hydrogens (tertiary/aromatic N) is 3. The molecule has 0 unspecified atom stereocenters. The van der Waals surface area contributed by atoms with Crippen molar-refractivity contribution in [3.05, 3.63) is 54.5 Å². The summed E-state index contributed by atoms with van der Waals surface area (Å²) in [4.78, 5) is 4.54. The lowest BCUT2D eigenvalue weighted by molar-refractivity contribution is 0.0844. The van der Waals surface area contributed by atoms with Crippen molar-refractivity contribution in [1.29, 1.82) is 0 Å². The van der Waals surface area contributed by atoms with E-state index in [-0.39, 0.29) is 0 Å². The molecule has 4 nitrogen and oxygen atoms in total. The molecule has 0 aliphatic carbocycles. The highest BCUT2D eigenvalue weighted by Gasteiger charge is 2.19. The number of rotatable bonds is 2. The largest absolute Gasteiger partial charge is 0.381 e. The molecule has 3 heterocycles. The molecule has 106 valence electrons. The lowest BCUT2D eigenvalue weighted by Gasteiger charge is -2.19. The van der Waals surface area contributed by atoms with E-state index in [0.29, 0.717) is 5.92 Å². The minimum Gasteiger partial charge on any atom is -0.381 e. The van der Waals surface area contributed by atoms with Gasteiger partial charge in [0.25, 0.3) is 0 Å². The van der Waals surface area contributed by atoms with E-state index in [9.17, 15) is 0 Å². The van der Waals surface area contributed by atoms with Crippen LogP contribution >= 0.6 is 0 Å². The molecule has 1 fully saturated rings. The molecule has 1 aromatic carbocycles. The minimum absolute atomic E-state index is 0.501. The first kappa shape index (κ1) is 12.5. The van der Waals surface area contributed by atoms with E-state index in [0.717, 1.165) is 48.5 Å². The fourth-order valence-corrected chi connectivity index (χ4v) is 2.87. The van der Waals surface area contributed by atoms with Crippen molar-refractivity contribution in [3.63, 3.8) is 0 Å². The monoisotopic (exact) mass is 279 g/mol. The Balaban J connectivity index is 1.71. The molecule has 2 aromatic heterocycles. The van der Waals surface area contributed by atoms with Crippen LogP contribution in [0.15, 0.2) is 48.8 Å². The van der Waals surface area contributed by atoms with Crippen LogP contribution in [0.25, 0.3) is 16.8 Å². The highest BCUT2D eigenvalue weighted by Crippen LogP contribution is 2.27. The van der Waals surface area contributed by atoms with Crippen LogP contribution in [0.4, 0.5) is 0 Å². The van der Waals surface area contributed by atoms with Gasteiger partial charge in [-0.15, -0.1) is 0 Å². The second-order valence-corrected chi connectivity index (χ2v) is 5.47. The first-order valence-corrected chi connectivity index (χ1v) is 7.39. The Labute approximate surface area is 123 Å². The number of hydrogen-bond donors (Lipinski definition) is 0. The fourth-order valence-electron chi connectivity index (χ4n) is 2.87. The van der Waals surface area contributed by atoms with Crippen molar-refractivity contribution in [2.45, 2.75) is 18.8 Å². The van der Waals surface area contributed by atoms with Crippen molar-refractivity contribution in [2.24, 2.45) is 0 Å². The lowest BCUT2D eigenvalue weighted by Crippen LogP contribution is -2.14. The van der Waals surface area contributed by atoms with Gasteiger partial charge in [0.15, 0.2) is 5.65 Å².